The lowest BCUT2D eigenvalue weighted by Gasteiger charge is -2.27. The molecule has 31 heavy (non-hydrogen) atoms. The van der Waals surface area contributed by atoms with Gasteiger partial charge in [-0.3, -0.25) is 14.5 Å². The van der Waals surface area contributed by atoms with Gasteiger partial charge in [0.1, 0.15) is 9.84 Å². The molecule has 0 saturated heterocycles. The lowest BCUT2D eigenvalue weighted by molar-refractivity contribution is 0.0597. The highest BCUT2D eigenvalue weighted by atomic mass is 32.2. The molecule has 1 heterocycles. The lowest BCUT2D eigenvalue weighted by atomic mass is 10.1. The molecule has 1 atom stereocenters. The number of sulfone groups is 1. The van der Waals surface area contributed by atoms with Gasteiger partial charge in [0.15, 0.2) is 11.5 Å². The van der Waals surface area contributed by atoms with E-state index in [1.54, 1.807) is 42.5 Å². The molecule has 4 rings (SSSR count). The van der Waals surface area contributed by atoms with Crippen molar-refractivity contribution in [3.05, 3.63) is 59.2 Å². The number of methoxy groups -OCH3 is 1. The van der Waals surface area contributed by atoms with Crippen molar-refractivity contribution in [3.8, 4) is 11.5 Å². The summed E-state index contributed by atoms with van der Waals surface area (Å²) in [6.45, 7) is 0. The van der Waals surface area contributed by atoms with E-state index in [0.717, 1.165) is 36.8 Å². The van der Waals surface area contributed by atoms with Gasteiger partial charge < -0.3 is 9.47 Å². The number of amides is 2. The second-order valence-electron chi connectivity index (χ2n) is 8.07. The molecule has 0 aromatic heterocycles. The third kappa shape index (κ3) is 4.30. The van der Waals surface area contributed by atoms with Crippen LogP contribution >= 0.6 is 0 Å². The normalized spacial score (nSPS) is 17.7. The Morgan fingerprint density at radius 3 is 2.16 bits per heavy atom. The molecule has 2 aromatic rings. The van der Waals surface area contributed by atoms with Crippen LogP contribution < -0.4 is 9.47 Å². The first-order chi connectivity index (χ1) is 14.8. The fourth-order valence-electron chi connectivity index (χ4n) is 4.28. The Bertz CT molecular complexity index is 1090. The number of imide groups is 1. The van der Waals surface area contributed by atoms with Crippen LogP contribution in [0, 0.1) is 0 Å². The van der Waals surface area contributed by atoms with Crippen molar-refractivity contribution < 1.29 is 27.5 Å². The number of hydrogen-bond donors (Lipinski definition) is 0. The van der Waals surface area contributed by atoms with Crippen LogP contribution in [0.1, 0.15) is 58.0 Å². The number of ether oxygens (including phenoxy) is 2. The molecule has 2 aromatic carbocycles. The first kappa shape index (κ1) is 21.4. The molecule has 0 spiro atoms. The fraction of sp³-hybridized carbons (Fsp3) is 0.391. The highest BCUT2D eigenvalue weighted by Crippen LogP contribution is 2.38. The van der Waals surface area contributed by atoms with Crippen LogP contribution in [0.4, 0.5) is 0 Å². The van der Waals surface area contributed by atoms with Gasteiger partial charge in [0.2, 0.25) is 0 Å². The molecule has 164 valence electrons. The molecule has 0 bridgehead atoms. The monoisotopic (exact) mass is 443 g/mol. The Morgan fingerprint density at radius 2 is 1.61 bits per heavy atom. The maximum Gasteiger partial charge on any atom is 0.262 e. The van der Waals surface area contributed by atoms with Gasteiger partial charge in [0, 0.05) is 6.26 Å². The summed E-state index contributed by atoms with van der Waals surface area (Å²) < 4.78 is 36.0. The molecule has 0 unspecified atom stereocenters. The van der Waals surface area contributed by atoms with Crippen LogP contribution in [0.15, 0.2) is 42.5 Å². The SMILES string of the molecule is COc1ccc([C@@H](CS(C)(=O)=O)N2C(=O)c3ccccc3C2=O)cc1OC1CCCC1. The Kier molecular flexibility index (Phi) is 5.75. The predicted molar refractivity (Wildman–Crippen MR) is 115 cm³/mol. The van der Waals surface area contributed by atoms with Crippen molar-refractivity contribution in [1.29, 1.82) is 0 Å². The van der Waals surface area contributed by atoms with Crippen molar-refractivity contribution in [2.24, 2.45) is 0 Å². The minimum absolute atomic E-state index is 0.0665. The van der Waals surface area contributed by atoms with Crippen LogP contribution in [0.25, 0.3) is 0 Å². The van der Waals surface area contributed by atoms with E-state index in [0.29, 0.717) is 17.1 Å². The van der Waals surface area contributed by atoms with Crippen LogP contribution in [0.5, 0.6) is 11.5 Å². The van der Waals surface area contributed by atoms with Crippen molar-refractivity contribution in [1.82, 2.24) is 4.90 Å². The second-order valence-corrected chi connectivity index (χ2v) is 10.3. The molecular weight excluding hydrogens is 418 g/mol. The van der Waals surface area contributed by atoms with Gasteiger partial charge in [-0.05, 0) is 55.5 Å². The maximum atomic E-state index is 13.0. The molecule has 1 aliphatic carbocycles. The van der Waals surface area contributed by atoms with E-state index in [9.17, 15) is 18.0 Å². The summed E-state index contributed by atoms with van der Waals surface area (Å²) in [5.74, 6) is -0.363. The van der Waals surface area contributed by atoms with Gasteiger partial charge in [-0.2, -0.15) is 0 Å². The Morgan fingerprint density at radius 1 is 1.00 bits per heavy atom. The molecule has 1 saturated carbocycles. The third-order valence-corrected chi connectivity index (χ3v) is 6.69. The van der Waals surface area contributed by atoms with Crippen LogP contribution in [-0.2, 0) is 9.84 Å². The van der Waals surface area contributed by atoms with Crippen molar-refractivity contribution in [2.45, 2.75) is 37.8 Å². The van der Waals surface area contributed by atoms with E-state index in [2.05, 4.69) is 0 Å². The summed E-state index contributed by atoms with van der Waals surface area (Å²) in [7, 11) is -1.98. The third-order valence-electron chi connectivity index (χ3n) is 5.77. The zero-order valence-corrected chi connectivity index (χ0v) is 18.4. The van der Waals surface area contributed by atoms with Gasteiger partial charge in [-0.25, -0.2) is 8.42 Å². The molecule has 2 amide bonds. The smallest absolute Gasteiger partial charge is 0.262 e. The van der Waals surface area contributed by atoms with Crippen molar-refractivity contribution >= 4 is 21.7 Å². The van der Waals surface area contributed by atoms with Gasteiger partial charge in [-0.1, -0.05) is 18.2 Å². The van der Waals surface area contributed by atoms with Crippen LogP contribution in [0.3, 0.4) is 0 Å². The van der Waals surface area contributed by atoms with E-state index in [1.807, 2.05) is 0 Å². The summed E-state index contributed by atoms with van der Waals surface area (Å²) in [5.41, 5.74) is 1.07. The average molecular weight is 444 g/mol. The fourth-order valence-corrected chi connectivity index (χ4v) is 5.19. The predicted octanol–water partition coefficient (Wildman–Crippen LogP) is 3.40. The molecule has 8 heteroatoms. The summed E-state index contributed by atoms with van der Waals surface area (Å²) in [5, 5.41) is 0. The molecule has 2 aliphatic rings. The Balaban J connectivity index is 1.75. The van der Waals surface area contributed by atoms with E-state index >= 15 is 0 Å². The highest BCUT2D eigenvalue weighted by Gasteiger charge is 2.41. The van der Waals surface area contributed by atoms with E-state index in [1.165, 1.54) is 7.11 Å². The first-order valence-corrected chi connectivity index (χ1v) is 12.3. The Hall–Kier alpha value is -2.87. The number of carbonyl (C=O) groups is 2. The standard InChI is InChI=1S/C23H25NO6S/c1-29-20-12-11-15(13-21(20)30-16-7-3-4-8-16)19(14-31(2,27)28)24-22(25)17-9-5-6-10-18(17)23(24)26/h5-6,9-13,16,19H,3-4,7-8,14H2,1-2H3/t19-/m1/s1. The van der Waals surface area contributed by atoms with Gasteiger partial charge in [0.25, 0.3) is 11.8 Å². The number of benzene rings is 2. The maximum absolute atomic E-state index is 13.0. The number of nitrogens with zero attached hydrogens (tertiary/aromatic N) is 1. The minimum Gasteiger partial charge on any atom is -0.493 e. The molecule has 1 fully saturated rings. The number of rotatable bonds is 7. The van der Waals surface area contributed by atoms with E-state index in [-0.39, 0.29) is 23.0 Å². The van der Waals surface area contributed by atoms with Gasteiger partial charge in [0.05, 0.1) is 36.1 Å². The summed E-state index contributed by atoms with van der Waals surface area (Å²) in [6.07, 6.45) is 5.24. The first-order valence-electron chi connectivity index (χ1n) is 10.3. The average Bonchev–Trinajstić information content (AvgIpc) is 3.33. The van der Waals surface area contributed by atoms with Gasteiger partial charge >= 0.3 is 0 Å². The van der Waals surface area contributed by atoms with Crippen molar-refractivity contribution in [2.75, 3.05) is 19.1 Å². The molecule has 1 aliphatic heterocycles. The van der Waals surface area contributed by atoms with Crippen molar-refractivity contribution in [3.63, 3.8) is 0 Å². The summed E-state index contributed by atoms with van der Waals surface area (Å²) in [4.78, 5) is 27.1. The number of carbonyl (C=O) groups excluding carboxylic acids is 2. The molecule has 7 nitrogen and oxygen atoms in total. The zero-order valence-electron chi connectivity index (χ0n) is 17.5. The summed E-state index contributed by atoms with van der Waals surface area (Å²) in [6, 6.07) is 10.6. The molecular formula is C23H25NO6S. The number of fused-ring (bicyclic) bond motifs is 1. The highest BCUT2D eigenvalue weighted by molar-refractivity contribution is 7.90. The van der Waals surface area contributed by atoms with E-state index in [4.69, 9.17) is 9.47 Å². The van der Waals surface area contributed by atoms with Crippen LogP contribution in [-0.4, -0.2) is 50.4 Å². The van der Waals surface area contributed by atoms with E-state index < -0.39 is 27.7 Å². The Labute approximate surface area is 181 Å². The largest absolute Gasteiger partial charge is 0.493 e. The minimum atomic E-state index is -3.51. The zero-order chi connectivity index (χ0) is 22.2. The quantitative estimate of drug-likeness (QED) is 0.610. The lowest BCUT2D eigenvalue weighted by Crippen LogP contribution is -2.37. The second kappa shape index (κ2) is 8.34. The molecule has 0 N–H and O–H groups in total. The summed E-state index contributed by atoms with van der Waals surface area (Å²) >= 11 is 0. The number of hydrogen-bond acceptors (Lipinski definition) is 6. The van der Waals surface area contributed by atoms with Gasteiger partial charge in [-0.15, -0.1) is 0 Å². The molecule has 0 radical (unpaired) electrons. The van der Waals surface area contributed by atoms with Crippen LogP contribution in [0.2, 0.25) is 0 Å². The topological polar surface area (TPSA) is 90.0 Å².